The molecule has 1 saturated heterocycles. The summed E-state index contributed by atoms with van der Waals surface area (Å²) in [5.41, 5.74) is 0.705. The van der Waals surface area contributed by atoms with E-state index >= 15 is 0 Å². The normalized spacial score (nSPS) is 17.9. The standard InChI is InChI=1S/C14H14FNO2S/c1-9(2)8-16-13(17)12(19-14(16)18)7-10-3-5-11(15)6-4-10/h3-7,9H,8H2,1-2H3/b12-7-. The minimum absolute atomic E-state index is 0.235. The molecule has 1 aliphatic heterocycles. The fraction of sp³-hybridized carbons (Fsp3) is 0.286. The van der Waals surface area contributed by atoms with E-state index in [1.807, 2.05) is 13.8 Å². The maximum atomic E-state index is 12.8. The largest absolute Gasteiger partial charge is 0.293 e. The Bertz CT molecular complexity index is 537. The number of benzene rings is 1. The van der Waals surface area contributed by atoms with Crippen LogP contribution in [0.3, 0.4) is 0 Å². The van der Waals surface area contributed by atoms with E-state index in [1.54, 1.807) is 18.2 Å². The molecule has 1 aromatic rings. The van der Waals surface area contributed by atoms with Crippen LogP contribution in [0.4, 0.5) is 9.18 Å². The van der Waals surface area contributed by atoms with Crippen LogP contribution in [0, 0.1) is 11.7 Å². The van der Waals surface area contributed by atoms with Crippen LogP contribution in [0.5, 0.6) is 0 Å². The minimum Gasteiger partial charge on any atom is -0.268 e. The SMILES string of the molecule is CC(C)CN1C(=O)S/C(=C\c2ccc(F)cc2)C1=O. The van der Waals surface area contributed by atoms with E-state index in [9.17, 15) is 14.0 Å². The van der Waals surface area contributed by atoms with E-state index in [0.29, 0.717) is 17.0 Å². The van der Waals surface area contributed by atoms with E-state index in [0.717, 1.165) is 11.8 Å². The highest BCUT2D eigenvalue weighted by Crippen LogP contribution is 2.32. The van der Waals surface area contributed by atoms with Crippen LogP contribution in [-0.4, -0.2) is 22.6 Å². The molecule has 0 N–H and O–H groups in total. The molecule has 0 spiro atoms. The zero-order valence-corrected chi connectivity index (χ0v) is 11.5. The van der Waals surface area contributed by atoms with Crippen LogP contribution in [0.25, 0.3) is 6.08 Å². The quantitative estimate of drug-likeness (QED) is 0.794. The van der Waals surface area contributed by atoms with Gasteiger partial charge in [0.15, 0.2) is 0 Å². The maximum Gasteiger partial charge on any atom is 0.293 e. The highest BCUT2D eigenvalue weighted by atomic mass is 32.2. The summed E-state index contributed by atoms with van der Waals surface area (Å²) < 4.78 is 12.8. The maximum absolute atomic E-state index is 12.8. The Labute approximate surface area is 115 Å². The summed E-state index contributed by atoms with van der Waals surface area (Å²) in [4.78, 5) is 25.4. The van der Waals surface area contributed by atoms with Crippen LogP contribution in [0.1, 0.15) is 19.4 Å². The Kier molecular flexibility index (Phi) is 4.04. The van der Waals surface area contributed by atoms with Crippen LogP contribution in [0.15, 0.2) is 29.2 Å². The molecule has 100 valence electrons. The predicted octanol–water partition coefficient (Wildman–Crippen LogP) is 3.52. The summed E-state index contributed by atoms with van der Waals surface area (Å²) in [6.45, 7) is 4.32. The van der Waals surface area contributed by atoms with Crippen molar-refractivity contribution in [2.45, 2.75) is 13.8 Å². The highest BCUT2D eigenvalue weighted by molar-refractivity contribution is 8.18. The summed E-state index contributed by atoms with van der Waals surface area (Å²) in [6.07, 6.45) is 1.62. The van der Waals surface area contributed by atoms with Gasteiger partial charge in [0, 0.05) is 6.54 Å². The van der Waals surface area contributed by atoms with Gasteiger partial charge in [-0.1, -0.05) is 26.0 Å². The molecule has 0 saturated carbocycles. The van der Waals surface area contributed by atoms with Gasteiger partial charge in [-0.25, -0.2) is 4.39 Å². The average molecular weight is 279 g/mol. The van der Waals surface area contributed by atoms with Gasteiger partial charge in [-0.2, -0.15) is 0 Å². The minimum atomic E-state index is -0.329. The van der Waals surface area contributed by atoms with Crippen molar-refractivity contribution in [2.24, 2.45) is 5.92 Å². The van der Waals surface area contributed by atoms with Crippen LogP contribution < -0.4 is 0 Å². The van der Waals surface area contributed by atoms with Gasteiger partial charge in [0.05, 0.1) is 4.91 Å². The first kappa shape index (κ1) is 13.8. The third kappa shape index (κ3) is 3.23. The van der Waals surface area contributed by atoms with Crippen LogP contribution >= 0.6 is 11.8 Å². The lowest BCUT2D eigenvalue weighted by molar-refractivity contribution is -0.123. The van der Waals surface area contributed by atoms with Crippen molar-refractivity contribution in [3.05, 3.63) is 40.6 Å². The van der Waals surface area contributed by atoms with Crippen LogP contribution in [-0.2, 0) is 4.79 Å². The van der Waals surface area contributed by atoms with E-state index in [4.69, 9.17) is 0 Å². The molecule has 0 radical (unpaired) electrons. The van der Waals surface area contributed by atoms with E-state index in [-0.39, 0.29) is 22.9 Å². The lowest BCUT2D eigenvalue weighted by atomic mass is 10.2. The topological polar surface area (TPSA) is 37.4 Å². The number of rotatable bonds is 3. The molecule has 0 atom stereocenters. The Morgan fingerprint density at radius 2 is 1.89 bits per heavy atom. The number of hydrogen-bond acceptors (Lipinski definition) is 3. The predicted molar refractivity (Wildman–Crippen MR) is 73.9 cm³/mol. The molecule has 0 aromatic heterocycles. The number of halogens is 1. The fourth-order valence-corrected chi connectivity index (χ4v) is 2.58. The molecule has 2 amide bonds. The van der Waals surface area contributed by atoms with Gasteiger partial charge < -0.3 is 0 Å². The average Bonchev–Trinajstić information content (AvgIpc) is 2.60. The number of carbonyl (C=O) groups is 2. The second kappa shape index (κ2) is 5.57. The zero-order valence-electron chi connectivity index (χ0n) is 10.7. The second-order valence-corrected chi connectivity index (χ2v) is 5.73. The van der Waals surface area contributed by atoms with Gasteiger partial charge in [-0.15, -0.1) is 0 Å². The summed E-state index contributed by atoms with van der Waals surface area (Å²) in [7, 11) is 0. The van der Waals surface area contributed by atoms with Crippen LogP contribution in [0.2, 0.25) is 0 Å². The van der Waals surface area contributed by atoms with Gasteiger partial charge in [-0.05, 0) is 41.5 Å². The first-order valence-corrected chi connectivity index (χ1v) is 6.80. The van der Waals surface area contributed by atoms with E-state index in [2.05, 4.69) is 0 Å². The summed E-state index contributed by atoms with van der Waals surface area (Å²) in [5.74, 6) is -0.364. The van der Waals surface area contributed by atoms with Gasteiger partial charge in [0.2, 0.25) is 0 Å². The molecule has 5 heteroatoms. The summed E-state index contributed by atoms with van der Waals surface area (Å²) in [5, 5.41) is -0.243. The van der Waals surface area contributed by atoms with Crippen molar-refractivity contribution in [2.75, 3.05) is 6.54 Å². The van der Waals surface area contributed by atoms with Crippen molar-refractivity contribution in [1.29, 1.82) is 0 Å². The number of amides is 2. The number of carbonyl (C=O) groups excluding carboxylic acids is 2. The molecule has 0 aliphatic carbocycles. The van der Waals surface area contributed by atoms with Crippen molar-refractivity contribution in [3.8, 4) is 0 Å². The van der Waals surface area contributed by atoms with Crippen molar-refractivity contribution in [3.63, 3.8) is 0 Å². The van der Waals surface area contributed by atoms with Gasteiger partial charge in [-0.3, -0.25) is 14.5 Å². The van der Waals surface area contributed by atoms with Crippen molar-refractivity contribution >= 4 is 29.0 Å². The number of thioether (sulfide) groups is 1. The van der Waals surface area contributed by atoms with Gasteiger partial charge in [0.1, 0.15) is 5.82 Å². The molecule has 1 aromatic carbocycles. The van der Waals surface area contributed by atoms with Crippen molar-refractivity contribution in [1.82, 2.24) is 4.90 Å². The number of imide groups is 1. The molecule has 3 nitrogen and oxygen atoms in total. The first-order chi connectivity index (χ1) is 8.97. The lowest BCUT2D eigenvalue weighted by Gasteiger charge is -2.14. The first-order valence-electron chi connectivity index (χ1n) is 5.98. The molecular formula is C14H14FNO2S. The molecular weight excluding hydrogens is 265 g/mol. The summed E-state index contributed by atoms with van der Waals surface area (Å²) in [6, 6.07) is 5.80. The molecule has 2 rings (SSSR count). The molecule has 1 heterocycles. The zero-order chi connectivity index (χ0) is 14.0. The summed E-state index contributed by atoms with van der Waals surface area (Å²) >= 11 is 0.928. The monoisotopic (exact) mass is 279 g/mol. The molecule has 1 aliphatic rings. The lowest BCUT2D eigenvalue weighted by Crippen LogP contribution is -2.31. The smallest absolute Gasteiger partial charge is 0.268 e. The molecule has 0 bridgehead atoms. The third-order valence-electron chi connectivity index (χ3n) is 2.59. The molecule has 0 unspecified atom stereocenters. The van der Waals surface area contributed by atoms with E-state index < -0.39 is 0 Å². The molecule has 19 heavy (non-hydrogen) atoms. The number of hydrogen-bond donors (Lipinski definition) is 0. The van der Waals surface area contributed by atoms with Gasteiger partial charge >= 0.3 is 0 Å². The molecule has 1 fully saturated rings. The Balaban J connectivity index is 2.20. The number of nitrogens with zero attached hydrogens (tertiary/aromatic N) is 1. The van der Waals surface area contributed by atoms with Gasteiger partial charge in [0.25, 0.3) is 11.1 Å². The Morgan fingerprint density at radius 1 is 1.26 bits per heavy atom. The second-order valence-electron chi connectivity index (χ2n) is 4.74. The van der Waals surface area contributed by atoms with E-state index in [1.165, 1.54) is 17.0 Å². The Morgan fingerprint density at radius 3 is 2.47 bits per heavy atom. The third-order valence-corrected chi connectivity index (χ3v) is 3.50. The highest BCUT2D eigenvalue weighted by Gasteiger charge is 2.35. The fourth-order valence-electron chi connectivity index (χ4n) is 1.73. The van der Waals surface area contributed by atoms with Crippen molar-refractivity contribution < 1.29 is 14.0 Å². The Hall–Kier alpha value is -1.62.